The van der Waals surface area contributed by atoms with Crippen LogP contribution in [0, 0.1) is 11.8 Å². The van der Waals surface area contributed by atoms with Gasteiger partial charge in [-0.25, -0.2) is 4.79 Å². The average Bonchev–Trinajstić information content (AvgIpc) is 3.16. The molecule has 4 nitrogen and oxygen atoms in total. The van der Waals surface area contributed by atoms with Crippen molar-refractivity contribution in [1.82, 2.24) is 9.13 Å². The lowest BCUT2D eigenvalue weighted by Gasteiger charge is -2.08. The molecule has 144 valence electrons. The van der Waals surface area contributed by atoms with E-state index < -0.39 is 0 Å². The Hall–Kier alpha value is -2.88. The first kappa shape index (κ1) is 19.4. The molecule has 0 amide bonds. The van der Waals surface area contributed by atoms with Crippen LogP contribution in [0.1, 0.15) is 16.0 Å². The zero-order valence-corrected chi connectivity index (χ0v) is 18.1. The minimum Gasteiger partial charge on any atom is -0.287 e. The van der Waals surface area contributed by atoms with E-state index in [0.717, 1.165) is 20.5 Å². The molecule has 0 unspecified atom stereocenters. The SMILES string of the molecule is Cn1c(=O)n(Cc2ccccc2)c(=O)c2cc(C#CCc3ccc(Br)cc3)sc21. The summed E-state index contributed by atoms with van der Waals surface area (Å²) in [6.45, 7) is 0.253. The van der Waals surface area contributed by atoms with Gasteiger partial charge in [-0.3, -0.25) is 13.9 Å². The number of fused-ring (bicyclic) bond motifs is 1. The van der Waals surface area contributed by atoms with Crippen molar-refractivity contribution in [3.05, 3.63) is 102 Å². The number of hydrogen-bond donors (Lipinski definition) is 0. The van der Waals surface area contributed by atoms with Crippen molar-refractivity contribution in [2.75, 3.05) is 0 Å². The van der Waals surface area contributed by atoms with Crippen molar-refractivity contribution in [1.29, 1.82) is 0 Å². The molecule has 0 saturated carbocycles. The maximum atomic E-state index is 13.0. The highest BCUT2D eigenvalue weighted by molar-refractivity contribution is 9.10. The zero-order valence-electron chi connectivity index (χ0n) is 15.7. The van der Waals surface area contributed by atoms with E-state index in [-0.39, 0.29) is 17.8 Å². The van der Waals surface area contributed by atoms with Crippen LogP contribution in [0.3, 0.4) is 0 Å². The molecule has 0 saturated heterocycles. The highest BCUT2D eigenvalue weighted by Gasteiger charge is 2.14. The van der Waals surface area contributed by atoms with Crippen LogP contribution in [0.2, 0.25) is 0 Å². The van der Waals surface area contributed by atoms with Gasteiger partial charge in [0.1, 0.15) is 4.83 Å². The molecule has 0 radical (unpaired) electrons. The fraction of sp³-hybridized carbons (Fsp3) is 0.130. The van der Waals surface area contributed by atoms with Gasteiger partial charge in [0.05, 0.1) is 16.8 Å². The Morgan fingerprint density at radius 1 is 1.00 bits per heavy atom. The van der Waals surface area contributed by atoms with E-state index in [4.69, 9.17) is 0 Å². The molecule has 0 aliphatic heterocycles. The monoisotopic (exact) mass is 464 g/mol. The van der Waals surface area contributed by atoms with E-state index in [0.29, 0.717) is 16.6 Å². The molecule has 4 aromatic rings. The van der Waals surface area contributed by atoms with Gasteiger partial charge < -0.3 is 0 Å². The van der Waals surface area contributed by atoms with Gasteiger partial charge in [-0.05, 0) is 29.3 Å². The largest absolute Gasteiger partial charge is 0.332 e. The number of thiophene rings is 1. The predicted molar refractivity (Wildman–Crippen MR) is 122 cm³/mol. The van der Waals surface area contributed by atoms with Crippen molar-refractivity contribution in [3.8, 4) is 11.8 Å². The Bertz CT molecular complexity index is 1350. The summed E-state index contributed by atoms with van der Waals surface area (Å²) >= 11 is 4.80. The minimum atomic E-state index is -0.317. The second-order valence-electron chi connectivity index (χ2n) is 6.65. The summed E-state index contributed by atoms with van der Waals surface area (Å²) in [5, 5.41) is 0.529. The van der Waals surface area contributed by atoms with E-state index in [1.165, 1.54) is 20.5 Å². The number of benzene rings is 2. The van der Waals surface area contributed by atoms with Gasteiger partial charge in [0, 0.05) is 17.9 Å². The lowest BCUT2D eigenvalue weighted by atomic mass is 10.1. The van der Waals surface area contributed by atoms with E-state index >= 15 is 0 Å². The first-order valence-corrected chi connectivity index (χ1v) is 10.6. The maximum absolute atomic E-state index is 13.0. The van der Waals surface area contributed by atoms with Crippen LogP contribution >= 0.6 is 27.3 Å². The van der Waals surface area contributed by atoms with Crippen molar-refractivity contribution in [2.24, 2.45) is 7.05 Å². The van der Waals surface area contributed by atoms with Gasteiger partial charge in [-0.2, -0.15) is 0 Å². The molecule has 29 heavy (non-hydrogen) atoms. The molecule has 0 atom stereocenters. The Balaban J connectivity index is 1.69. The van der Waals surface area contributed by atoms with Crippen molar-refractivity contribution >= 4 is 37.5 Å². The number of aryl methyl sites for hydroxylation is 1. The number of rotatable bonds is 3. The summed E-state index contributed by atoms with van der Waals surface area (Å²) < 4.78 is 3.85. The number of hydrogen-bond acceptors (Lipinski definition) is 3. The topological polar surface area (TPSA) is 44.0 Å². The molecule has 2 aromatic carbocycles. The molecular formula is C23H17BrN2O2S. The quantitative estimate of drug-likeness (QED) is 0.427. The summed E-state index contributed by atoms with van der Waals surface area (Å²) in [6, 6.07) is 19.3. The van der Waals surface area contributed by atoms with Gasteiger partial charge >= 0.3 is 5.69 Å². The summed E-state index contributed by atoms with van der Waals surface area (Å²) in [4.78, 5) is 27.1. The molecule has 0 bridgehead atoms. The first-order valence-electron chi connectivity index (χ1n) is 9.03. The highest BCUT2D eigenvalue weighted by atomic mass is 79.9. The molecule has 0 fully saturated rings. The summed E-state index contributed by atoms with van der Waals surface area (Å²) in [5.74, 6) is 6.29. The third kappa shape index (κ3) is 4.12. The lowest BCUT2D eigenvalue weighted by molar-refractivity contribution is 0.663. The fourth-order valence-corrected chi connectivity index (χ4v) is 4.33. The molecular weight excluding hydrogens is 448 g/mol. The van der Waals surface area contributed by atoms with E-state index in [1.54, 1.807) is 13.1 Å². The Labute approximate surface area is 180 Å². The molecule has 0 aliphatic rings. The highest BCUT2D eigenvalue weighted by Crippen LogP contribution is 2.21. The van der Waals surface area contributed by atoms with E-state index in [9.17, 15) is 9.59 Å². The lowest BCUT2D eigenvalue weighted by Crippen LogP contribution is -2.38. The molecule has 2 aromatic heterocycles. The standard InChI is InChI=1S/C23H17BrN2O2S/c1-25-22-20(21(27)26(23(25)28)15-17-6-3-2-4-7-17)14-19(29-22)9-5-8-16-10-12-18(24)13-11-16/h2-4,6-7,10-14H,8,15H2,1H3. The molecule has 6 heteroatoms. The van der Waals surface area contributed by atoms with Crippen LogP contribution in [0.5, 0.6) is 0 Å². The fourth-order valence-electron chi connectivity index (χ4n) is 3.09. The van der Waals surface area contributed by atoms with Crippen LogP contribution in [-0.2, 0) is 20.0 Å². The maximum Gasteiger partial charge on any atom is 0.332 e. The smallest absolute Gasteiger partial charge is 0.287 e. The first-order chi connectivity index (χ1) is 14.0. The van der Waals surface area contributed by atoms with Crippen molar-refractivity contribution in [2.45, 2.75) is 13.0 Å². The molecule has 0 aliphatic carbocycles. The summed E-state index contributed by atoms with van der Waals surface area (Å²) in [7, 11) is 1.70. The van der Waals surface area contributed by atoms with Gasteiger partial charge in [-0.15, -0.1) is 11.3 Å². The predicted octanol–water partition coefficient (Wildman–Crippen LogP) is 4.17. The van der Waals surface area contributed by atoms with Crippen LogP contribution in [0.25, 0.3) is 10.2 Å². The van der Waals surface area contributed by atoms with Crippen molar-refractivity contribution in [3.63, 3.8) is 0 Å². The third-order valence-electron chi connectivity index (χ3n) is 4.61. The zero-order chi connectivity index (χ0) is 20.4. The van der Waals surface area contributed by atoms with Crippen molar-refractivity contribution < 1.29 is 0 Å². The average molecular weight is 465 g/mol. The Morgan fingerprint density at radius 3 is 2.45 bits per heavy atom. The van der Waals surface area contributed by atoms with E-state index in [2.05, 4.69) is 27.8 Å². The van der Waals surface area contributed by atoms with Crippen LogP contribution < -0.4 is 11.2 Å². The molecule has 0 spiro atoms. The van der Waals surface area contributed by atoms with Gasteiger partial charge in [-0.1, -0.05) is 70.2 Å². The molecule has 2 heterocycles. The molecule has 0 N–H and O–H groups in total. The van der Waals surface area contributed by atoms with Gasteiger partial charge in [0.25, 0.3) is 5.56 Å². The summed E-state index contributed by atoms with van der Waals surface area (Å²) in [6.07, 6.45) is 0.624. The third-order valence-corrected chi connectivity index (χ3v) is 6.27. The second kappa shape index (κ2) is 8.24. The summed E-state index contributed by atoms with van der Waals surface area (Å²) in [5.41, 5.74) is 1.45. The molecule has 4 rings (SSSR count). The van der Waals surface area contributed by atoms with Crippen LogP contribution in [0.4, 0.5) is 0 Å². The van der Waals surface area contributed by atoms with Gasteiger partial charge in [0.2, 0.25) is 0 Å². The Kier molecular flexibility index (Phi) is 5.52. The second-order valence-corrected chi connectivity index (χ2v) is 8.60. The minimum absolute atomic E-state index is 0.253. The van der Waals surface area contributed by atoms with Gasteiger partial charge in [0.15, 0.2) is 0 Å². The normalized spacial score (nSPS) is 10.7. The van der Waals surface area contributed by atoms with Crippen LogP contribution in [0.15, 0.2) is 74.7 Å². The van der Waals surface area contributed by atoms with Crippen LogP contribution in [-0.4, -0.2) is 9.13 Å². The van der Waals surface area contributed by atoms with E-state index in [1.807, 2.05) is 54.6 Å². The number of nitrogens with zero attached hydrogens (tertiary/aromatic N) is 2. The number of aromatic nitrogens is 2. The Morgan fingerprint density at radius 2 is 1.72 bits per heavy atom. The number of halogens is 1.